The van der Waals surface area contributed by atoms with Crippen molar-refractivity contribution >= 4 is 23.4 Å². The molecular weight excluding hydrogens is 375 g/mol. The lowest BCUT2D eigenvalue weighted by atomic mass is 10.1. The van der Waals surface area contributed by atoms with Crippen molar-refractivity contribution in [3.05, 3.63) is 71.8 Å². The van der Waals surface area contributed by atoms with E-state index in [4.69, 9.17) is 5.11 Å². The zero-order chi connectivity index (χ0) is 20.4. The summed E-state index contributed by atoms with van der Waals surface area (Å²) in [5.41, 5.74) is 4.12. The number of aromatic nitrogens is 4. The van der Waals surface area contributed by atoms with Crippen LogP contribution in [0.4, 0.5) is 20.8 Å². The lowest BCUT2D eigenvalue weighted by Crippen LogP contribution is -2.08. The van der Waals surface area contributed by atoms with Crippen molar-refractivity contribution in [3.8, 4) is 11.3 Å². The quantitative estimate of drug-likeness (QED) is 0.445. The molecule has 9 heteroatoms. The highest BCUT2D eigenvalue weighted by molar-refractivity contribution is 5.80. The monoisotopic (exact) mass is 392 g/mol. The Kier molecular flexibility index (Phi) is 4.78. The summed E-state index contributed by atoms with van der Waals surface area (Å²) in [4.78, 5) is 18.8. The standard InChI is InChI=1S/C20H17FN6O2/c1-12-5-10-15(18(21)23-12)22-11-13-6-8-14(9-7-13)16-3-2-4-17-24-19(25-20(28)29)26-27(16)17/h2-10,22H,11H2,1H3,(H,25,26)(H,28,29). The van der Waals surface area contributed by atoms with Crippen LogP contribution in [0.1, 0.15) is 11.3 Å². The highest BCUT2D eigenvalue weighted by atomic mass is 19.1. The number of fused-ring (bicyclic) bond motifs is 1. The Bertz CT molecular complexity index is 1190. The molecule has 0 aliphatic heterocycles. The normalized spacial score (nSPS) is 10.8. The predicted molar refractivity (Wildman–Crippen MR) is 106 cm³/mol. The third-order valence-electron chi connectivity index (χ3n) is 4.30. The molecule has 0 radical (unpaired) electrons. The van der Waals surface area contributed by atoms with Crippen LogP contribution >= 0.6 is 0 Å². The molecule has 0 spiro atoms. The molecule has 8 nitrogen and oxygen atoms in total. The molecule has 146 valence electrons. The number of carbonyl (C=O) groups is 1. The molecule has 4 rings (SSSR count). The second-order valence-electron chi connectivity index (χ2n) is 6.39. The number of amides is 1. The zero-order valence-electron chi connectivity index (χ0n) is 15.4. The molecule has 0 fully saturated rings. The summed E-state index contributed by atoms with van der Waals surface area (Å²) in [5.74, 6) is -0.509. The van der Waals surface area contributed by atoms with Gasteiger partial charge in [0.05, 0.1) is 11.4 Å². The first-order valence-electron chi connectivity index (χ1n) is 8.82. The molecule has 0 bridgehead atoms. The van der Waals surface area contributed by atoms with E-state index in [0.717, 1.165) is 16.8 Å². The minimum absolute atomic E-state index is 0.0134. The number of rotatable bonds is 5. The smallest absolute Gasteiger partial charge is 0.411 e. The van der Waals surface area contributed by atoms with E-state index in [0.29, 0.717) is 23.6 Å². The van der Waals surface area contributed by atoms with E-state index < -0.39 is 12.0 Å². The first-order chi connectivity index (χ1) is 14.0. The van der Waals surface area contributed by atoms with Crippen LogP contribution in [-0.4, -0.2) is 30.8 Å². The van der Waals surface area contributed by atoms with Gasteiger partial charge in [0.25, 0.3) is 5.95 Å². The van der Waals surface area contributed by atoms with Gasteiger partial charge in [-0.05, 0) is 36.8 Å². The highest BCUT2D eigenvalue weighted by Crippen LogP contribution is 2.22. The highest BCUT2D eigenvalue weighted by Gasteiger charge is 2.10. The maximum absolute atomic E-state index is 13.8. The Morgan fingerprint density at radius 1 is 1.10 bits per heavy atom. The van der Waals surface area contributed by atoms with Gasteiger partial charge in [-0.3, -0.25) is 5.32 Å². The predicted octanol–water partition coefficient (Wildman–Crippen LogP) is 3.94. The Labute approximate surface area is 165 Å². The molecule has 1 amide bonds. The largest absolute Gasteiger partial charge is 0.465 e. The van der Waals surface area contributed by atoms with Gasteiger partial charge in [-0.15, -0.1) is 5.10 Å². The molecule has 29 heavy (non-hydrogen) atoms. The molecule has 3 heterocycles. The minimum Gasteiger partial charge on any atom is -0.465 e. The fourth-order valence-electron chi connectivity index (χ4n) is 2.92. The molecule has 0 saturated carbocycles. The average molecular weight is 392 g/mol. The molecule has 0 saturated heterocycles. The lowest BCUT2D eigenvalue weighted by molar-refractivity contribution is 0.209. The summed E-state index contributed by atoms with van der Waals surface area (Å²) < 4.78 is 15.4. The van der Waals surface area contributed by atoms with E-state index in [1.807, 2.05) is 36.4 Å². The van der Waals surface area contributed by atoms with Crippen molar-refractivity contribution < 1.29 is 14.3 Å². The summed E-state index contributed by atoms with van der Waals surface area (Å²) in [6, 6.07) is 16.5. The number of aryl methyl sites for hydroxylation is 1. The third kappa shape index (κ3) is 3.98. The number of pyridine rings is 2. The Balaban J connectivity index is 1.54. The van der Waals surface area contributed by atoms with Crippen LogP contribution in [0.25, 0.3) is 16.9 Å². The van der Waals surface area contributed by atoms with Crippen LogP contribution < -0.4 is 10.6 Å². The Hall–Kier alpha value is -4.01. The SMILES string of the molecule is Cc1ccc(NCc2ccc(-c3cccc4nc(NC(=O)O)nn34)cc2)c(F)n1. The molecule has 0 unspecified atom stereocenters. The molecule has 4 aromatic rings. The first-order valence-corrected chi connectivity index (χ1v) is 8.82. The number of hydrogen-bond donors (Lipinski definition) is 3. The molecule has 0 aliphatic rings. The maximum atomic E-state index is 13.8. The third-order valence-corrected chi connectivity index (χ3v) is 4.30. The van der Waals surface area contributed by atoms with E-state index in [2.05, 4.69) is 25.7 Å². The summed E-state index contributed by atoms with van der Waals surface area (Å²) in [7, 11) is 0. The van der Waals surface area contributed by atoms with Gasteiger partial charge >= 0.3 is 6.09 Å². The number of nitrogens with zero attached hydrogens (tertiary/aromatic N) is 4. The second-order valence-corrected chi connectivity index (χ2v) is 6.39. The zero-order valence-corrected chi connectivity index (χ0v) is 15.4. The van der Waals surface area contributed by atoms with Crippen LogP contribution in [0.15, 0.2) is 54.6 Å². The molecular formula is C20H17FN6O2. The van der Waals surface area contributed by atoms with Crippen molar-refractivity contribution in [2.45, 2.75) is 13.5 Å². The van der Waals surface area contributed by atoms with Crippen molar-refractivity contribution in [2.75, 3.05) is 10.6 Å². The summed E-state index contributed by atoms with van der Waals surface area (Å²) in [5, 5.41) is 18.2. The van der Waals surface area contributed by atoms with Gasteiger partial charge in [-0.1, -0.05) is 30.3 Å². The molecule has 1 aromatic carbocycles. The summed E-state index contributed by atoms with van der Waals surface area (Å²) in [6.07, 6.45) is -1.22. The van der Waals surface area contributed by atoms with Crippen molar-refractivity contribution in [2.24, 2.45) is 0 Å². The Morgan fingerprint density at radius 2 is 1.90 bits per heavy atom. The number of nitrogens with one attached hydrogen (secondary N) is 2. The van der Waals surface area contributed by atoms with Crippen molar-refractivity contribution in [3.63, 3.8) is 0 Å². The molecule has 3 N–H and O–H groups in total. The van der Waals surface area contributed by atoms with Crippen LogP contribution in [0.5, 0.6) is 0 Å². The van der Waals surface area contributed by atoms with E-state index >= 15 is 0 Å². The fourth-order valence-corrected chi connectivity index (χ4v) is 2.92. The van der Waals surface area contributed by atoms with Crippen LogP contribution in [0.2, 0.25) is 0 Å². The topological polar surface area (TPSA) is 104 Å². The Morgan fingerprint density at radius 3 is 2.62 bits per heavy atom. The first kappa shape index (κ1) is 18.4. The maximum Gasteiger partial charge on any atom is 0.411 e. The van der Waals surface area contributed by atoms with E-state index in [-0.39, 0.29) is 5.95 Å². The second kappa shape index (κ2) is 7.55. The fraction of sp³-hybridized carbons (Fsp3) is 0.100. The van der Waals surface area contributed by atoms with Gasteiger partial charge < -0.3 is 10.4 Å². The molecule has 3 aromatic heterocycles. The van der Waals surface area contributed by atoms with Gasteiger partial charge in [0, 0.05) is 17.8 Å². The molecule has 0 atom stereocenters. The summed E-state index contributed by atoms with van der Waals surface area (Å²) in [6.45, 7) is 2.18. The van der Waals surface area contributed by atoms with Crippen LogP contribution in [0.3, 0.4) is 0 Å². The van der Waals surface area contributed by atoms with E-state index in [9.17, 15) is 9.18 Å². The van der Waals surface area contributed by atoms with Gasteiger partial charge in [0.2, 0.25) is 5.95 Å². The molecule has 0 aliphatic carbocycles. The number of halogens is 1. The van der Waals surface area contributed by atoms with E-state index in [1.54, 1.807) is 29.6 Å². The average Bonchev–Trinajstić information content (AvgIpc) is 3.09. The number of hydrogen-bond acceptors (Lipinski definition) is 5. The number of anilines is 2. The number of carboxylic acid groups (broad SMARTS) is 1. The van der Waals surface area contributed by atoms with Gasteiger partial charge in [-0.25, -0.2) is 14.3 Å². The van der Waals surface area contributed by atoms with Gasteiger partial charge in [-0.2, -0.15) is 9.37 Å². The minimum atomic E-state index is -1.22. The van der Waals surface area contributed by atoms with E-state index in [1.165, 1.54) is 0 Å². The van der Waals surface area contributed by atoms with Crippen LogP contribution in [-0.2, 0) is 6.54 Å². The van der Waals surface area contributed by atoms with Crippen molar-refractivity contribution in [1.29, 1.82) is 0 Å². The van der Waals surface area contributed by atoms with Gasteiger partial charge in [0.1, 0.15) is 0 Å². The van der Waals surface area contributed by atoms with Crippen LogP contribution in [0, 0.1) is 12.9 Å². The summed E-state index contributed by atoms with van der Waals surface area (Å²) >= 11 is 0. The van der Waals surface area contributed by atoms with Crippen molar-refractivity contribution in [1.82, 2.24) is 19.6 Å². The lowest BCUT2D eigenvalue weighted by Gasteiger charge is -2.09. The van der Waals surface area contributed by atoms with Gasteiger partial charge in [0.15, 0.2) is 5.65 Å². The number of benzene rings is 1.